The van der Waals surface area contributed by atoms with E-state index in [0.29, 0.717) is 47.2 Å². The van der Waals surface area contributed by atoms with E-state index in [4.69, 9.17) is 23.2 Å². The Kier molecular flexibility index (Phi) is 7.65. The zero-order chi connectivity index (χ0) is 26.8. The standard InChI is InChI=1S/C28H25Cl2FN4O3/c29-21-8-4-18(14-22(21)30)28(38)35-24-9-5-19(27(37)34-12-1-10-32-11-13-34)15-23(24)33-26(36)16-25(35)17-2-6-20(31)7-3-17/h2-9,14-15,25,32H,1,10-13,16H2,(H,33,36). The van der Waals surface area contributed by atoms with Crippen molar-refractivity contribution in [1.82, 2.24) is 10.2 Å². The third-order valence-electron chi connectivity index (χ3n) is 6.73. The van der Waals surface area contributed by atoms with E-state index in [-0.39, 0.29) is 28.8 Å². The smallest absolute Gasteiger partial charge is 0.258 e. The van der Waals surface area contributed by atoms with Crippen LogP contribution in [0.5, 0.6) is 0 Å². The van der Waals surface area contributed by atoms with Gasteiger partial charge in [0.25, 0.3) is 11.8 Å². The lowest BCUT2D eigenvalue weighted by atomic mass is 9.99. The van der Waals surface area contributed by atoms with Gasteiger partial charge in [-0.3, -0.25) is 19.3 Å². The predicted octanol–water partition coefficient (Wildman–Crippen LogP) is 5.30. The summed E-state index contributed by atoms with van der Waals surface area (Å²) in [4.78, 5) is 43.6. The maximum Gasteiger partial charge on any atom is 0.258 e. The molecule has 0 bridgehead atoms. The van der Waals surface area contributed by atoms with Gasteiger partial charge in [-0.15, -0.1) is 0 Å². The van der Waals surface area contributed by atoms with Gasteiger partial charge in [0.1, 0.15) is 5.82 Å². The maximum absolute atomic E-state index is 14.0. The largest absolute Gasteiger partial charge is 0.337 e. The highest BCUT2D eigenvalue weighted by Gasteiger charge is 2.35. The van der Waals surface area contributed by atoms with Crippen LogP contribution in [0.1, 0.15) is 45.2 Å². The molecule has 2 N–H and O–H groups in total. The predicted molar refractivity (Wildman–Crippen MR) is 145 cm³/mol. The topological polar surface area (TPSA) is 81.8 Å². The minimum atomic E-state index is -0.739. The van der Waals surface area contributed by atoms with Gasteiger partial charge in [0.05, 0.1) is 33.9 Å². The van der Waals surface area contributed by atoms with Crippen molar-refractivity contribution in [2.24, 2.45) is 0 Å². The van der Waals surface area contributed by atoms with E-state index in [1.54, 1.807) is 41.3 Å². The van der Waals surface area contributed by atoms with Gasteiger partial charge >= 0.3 is 0 Å². The minimum Gasteiger partial charge on any atom is -0.337 e. The zero-order valence-corrected chi connectivity index (χ0v) is 21.9. The summed E-state index contributed by atoms with van der Waals surface area (Å²) in [5, 5.41) is 6.66. The van der Waals surface area contributed by atoms with E-state index in [9.17, 15) is 18.8 Å². The summed E-state index contributed by atoms with van der Waals surface area (Å²) in [6, 6.07) is 14.4. The molecule has 0 aromatic heterocycles. The Balaban J connectivity index is 1.60. The molecule has 3 aromatic carbocycles. The van der Waals surface area contributed by atoms with Crippen molar-refractivity contribution in [3.8, 4) is 0 Å². The zero-order valence-electron chi connectivity index (χ0n) is 20.3. The first kappa shape index (κ1) is 26.2. The maximum atomic E-state index is 14.0. The number of nitrogens with zero attached hydrogens (tertiary/aromatic N) is 2. The molecule has 1 fully saturated rings. The van der Waals surface area contributed by atoms with Crippen LogP contribution in [0.4, 0.5) is 15.8 Å². The molecule has 0 spiro atoms. The molecule has 2 aliphatic rings. The van der Waals surface area contributed by atoms with Gasteiger partial charge in [-0.05, 0) is 67.1 Å². The Bertz CT molecular complexity index is 1390. The number of halogens is 3. The number of amides is 3. The molecule has 7 nitrogen and oxygen atoms in total. The van der Waals surface area contributed by atoms with Crippen LogP contribution in [-0.4, -0.2) is 48.8 Å². The van der Waals surface area contributed by atoms with Crippen molar-refractivity contribution >= 4 is 52.3 Å². The fourth-order valence-electron chi connectivity index (χ4n) is 4.82. The van der Waals surface area contributed by atoms with Crippen LogP contribution in [0.3, 0.4) is 0 Å². The second-order valence-electron chi connectivity index (χ2n) is 9.25. The van der Waals surface area contributed by atoms with Gasteiger partial charge in [-0.1, -0.05) is 35.3 Å². The van der Waals surface area contributed by atoms with Crippen LogP contribution in [0.25, 0.3) is 0 Å². The molecule has 3 aromatic rings. The van der Waals surface area contributed by atoms with Gasteiger partial charge < -0.3 is 15.5 Å². The number of carbonyl (C=O) groups is 3. The van der Waals surface area contributed by atoms with Crippen LogP contribution in [0.2, 0.25) is 10.0 Å². The van der Waals surface area contributed by atoms with E-state index in [1.165, 1.54) is 29.2 Å². The Morgan fingerprint density at radius 2 is 1.61 bits per heavy atom. The second-order valence-corrected chi connectivity index (χ2v) is 10.1. The second kappa shape index (κ2) is 11.1. The number of benzene rings is 3. The lowest BCUT2D eigenvalue weighted by molar-refractivity contribution is -0.116. The van der Waals surface area contributed by atoms with Crippen molar-refractivity contribution in [1.29, 1.82) is 0 Å². The van der Waals surface area contributed by atoms with Crippen molar-refractivity contribution in [3.63, 3.8) is 0 Å². The fraction of sp³-hybridized carbons (Fsp3) is 0.250. The first-order chi connectivity index (χ1) is 18.3. The third kappa shape index (κ3) is 5.38. The number of nitrogens with one attached hydrogen (secondary N) is 2. The van der Waals surface area contributed by atoms with E-state index >= 15 is 0 Å². The average molecular weight is 555 g/mol. The molecule has 2 heterocycles. The Hall–Kier alpha value is -3.46. The molecule has 2 aliphatic heterocycles. The van der Waals surface area contributed by atoms with Gasteiger partial charge in [-0.2, -0.15) is 0 Å². The number of fused-ring (bicyclic) bond motifs is 1. The van der Waals surface area contributed by atoms with Crippen LogP contribution in [0.15, 0.2) is 60.7 Å². The molecule has 10 heteroatoms. The highest BCUT2D eigenvalue weighted by atomic mass is 35.5. The summed E-state index contributed by atoms with van der Waals surface area (Å²) in [5.74, 6) is -1.34. The van der Waals surface area contributed by atoms with Crippen molar-refractivity contribution in [3.05, 3.63) is 93.2 Å². The van der Waals surface area contributed by atoms with E-state index in [1.807, 2.05) is 0 Å². The van der Waals surface area contributed by atoms with E-state index < -0.39 is 17.8 Å². The van der Waals surface area contributed by atoms with Crippen LogP contribution >= 0.6 is 23.2 Å². The van der Waals surface area contributed by atoms with Gasteiger partial charge in [0.15, 0.2) is 0 Å². The molecule has 1 atom stereocenters. The van der Waals surface area contributed by atoms with E-state index in [2.05, 4.69) is 10.6 Å². The average Bonchev–Trinajstić information content (AvgIpc) is 3.27. The first-order valence-corrected chi connectivity index (χ1v) is 13.1. The van der Waals surface area contributed by atoms with Crippen molar-refractivity contribution in [2.75, 3.05) is 36.4 Å². The third-order valence-corrected chi connectivity index (χ3v) is 7.47. The highest BCUT2D eigenvalue weighted by molar-refractivity contribution is 6.42. The van der Waals surface area contributed by atoms with Crippen LogP contribution in [0, 0.1) is 5.82 Å². The van der Waals surface area contributed by atoms with Crippen molar-refractivity contribution in [2.45, 2.75) is 18.9 Å². The van der Waals surface area contributed by atoms with Crippen LogP contribution in [-0.2, 0) is 4.79 Å². The summed E-state index contributed by atoms with van der Waals surface area (Å²) in [6.07, 6.45) is 0.771. The number of anilines is 2. The van der Waals surface area contributed by atoms with Gasteiger partial charge in [0, 0.05) is 30.8 Å². The molecule has 1 unspecified atom stereocenters. The summed E-state index contributed by atoms with van der Waals surface area (Å²) in [6.45, 7) is 2.76. The Labute approximate surface area is 229 Å². The number of hydrogen-bond donors (Lipinski definition) is 2. The molecule has 0 radical (unpaired) electrons. The molecular weight excluding hydrogens is 530 g/mol. The van der Waals surface area contributed by atoms with E-state index in [0.717, 1.165) is 13.0 Å². The molecule has 1 saturated heterocycles. The summed E-state index contributed by atoms with van der Waals surface area (Å²) in [7, 11) is 0. The minimum absolute atomic E-state index is 0.0750. The number of rotatable bonds is 3. The molecule has 0 saturated carbocycles. The molecule has 0 aliphatic carbocycles. The molecule has 196 valence electrons. The van der Waals surface area contributed by atoms with Crippen LogP contribution < -0.4 is 15.5 Å². The summed E-state index contributed by atoms with van der Waals surface area (Å²) in [5.41, 5.74) is 2.01. The summed E-state index contributed by atoms with van der Waals surface area (Å²) >= 11 is 12.3. The lowest BCUT2D eigenvalue weighted by Crippen LogP contribution is -2.35. The Morgan fingerprint density at radius 1 is 0.868 bits per heavy atom. The number of carbonyl (C=O) groups excluding carboxylic acids is 3. The summed E-state index contributed by atoms with van der Waals surface area (Å²) < 4.78 is 13.7. The first-order valence-electron chi connectivity index (χ1n) is 12.3. The normalized spacial score (nSPS) is 17.8. The lowest BCUT2D eigenvalue weighted by Gasteiger charge is -2.31. The quantitative estimate of drug-likeness (QED) is 0.460. The fourth-order valence-corrected chi connectivity index (χ4v) is 5.12. The monoisotopic (exact) mass is 554 g/mol. The van der Waals surface area contributed by atoms with Crippen molar-refractivity contribution < 1.29 is 18.8 Å². The Morgan fingerprint density at radius 3 is 2.37 bits per heavy atom. The molecule has 5 rings (SSSR count). The van der Waals surface area contributed by atoms with Gasteiger partial charge in [-0.25, -0.2) is 4.39 Å². The SMILES string of the molecule is O=C1CC(c2ccc(F)cc2)N(C(=O)c2ccc(Cl)c(Cl)c2)c2ccc(C(=O)N3CCCNCC3)cc2N1. The molecular formula is C28H25Cl2FN4O3. The number of hydrogen-bond acceptors (Lipinski definition) is 4. The highest BCUT2D eigenvalue weighted by Crippen LogP contribution is 2.40. The van der Waals surface area contributed by atoms with Gasteiger partial charge in [0.2, 0.25) is 5.91 Å². The molecule has 3 amide bonds. The molecule has 38 heavy (non-hydrogen) atoms.